The summed E-state index contributed by atoms with van der Waals surface area (Å²) in [5.41, 5.74) is -0.360. The van der Waals surface area contributed by atoms with Gasteiger partial charge >= 0.3 is 0 Å². The number of carbonyl (C=O) groups excluding carboxylic acids is 1. The average molecular weight is 249 g/mol. The molecule has 1 saturated heterocycles. The summed E-state index contributed by atoms with van der Waals surface area (Å²) in [7, 11) is -3.42. The molecule has 7 heteroatoms. The van der Waals surface area contributed by atoms with Gasteiger partial charge in [0.15, 0.2) is 0 Å². The first-order valence-corrected chi connectivity index (χ1v) is 7.05. The number of primary sulfonamides is 1. The van der Waals surface area contributed by atoms with Crippen LogP contribution in [0.15, 0.2) is 0 Å². The Hall–Kier alpha value is -0.660. The Bertz CT molecular complexity index is 347. The highest BCUT2D eigenvalue weighted by Gasteiger charge is 2.35. The van der Waals surface area contributed by atoms with Gasteiger partial charge in [-0.2, -0.15) is 0 Å². The summed E-state index contributed by atoms with van der Waals surface area (Å²) in [5, 5.41) is 10.7. The van der Waals surface area contributed by atoms with Crippen LogP contribution in [0.5, 0.6) is 0 Å². The van der Waals surface area contributed by atoms with Crippen molar-refractivity contribution in [1.82, 2.24) is 10.6 Å². The minimum absolute atomic E-state index is 0.0214. The van der Waals surface area contributed by atoms with Crippen molar-refractivity contribution in [2.24, 2.45) is 10.6 Å². The van der Waals surface area contributed by atoms with Crippen molar-refractivity contribution in [2.45, 2.75) is 19.8 Å². The SMILES string of the molecule is CC1(C(=O)NCCCS(N)(=O)=O)CCNC1. The summed E-state index contributed by atoms with van der Waals surface area (Å²) in [6.45, 7) is 3.78. The first-order chi connectivity index (χ1) is 7.33. The molecule has 0 aromatic carbocycles. The Morgan fingerprint density at radius 1 is 1.56 bits per heavy atom. The molecule has 0 bridgehead atoms. The number of nitrogens with two attached hydrogens (primary N) is 1. The van der Waals surface area contributed by atoms with Crippen molar-refractivity contribution in [3.05, 3.63) is 0 Å². The fraction of sp³-hybridized carbons (Fsp3) is 0.889. The maximum Gasteiger partial charge on any atom is 0.227 e. The topological polar surface area (TPSA) is 101 Å². The molecule has 0 aromatic rings. The monoisotopic (exact) mass is 249 g/mol. The van der Waals surface area contributed by atoms with Crippen molar-refractivity contribution in [1.29, 1.82) is 0 Å². The van der Waals surface area contributed by atoms with E-state index in [2.05, 4.69) is 10.6 Å². The Labute approximate surface area is 96.0 Å². The Balaban J connectivity index is 2.25. The summed E-state index contributed by atoms with van der Waals surface area (Å²) in [5.74, 6) is -0.116. The summed E-state index contributed by atoms with van der Waals surface area (Å²) < 4.78 is 21.3. The summed E-state index contributed by atoms with van der Waals surface area (Å²) in [4.78, 5) is 11.8. The number of carbonyl (C=O) groups is 1. The lowest BCUT2D eigenvalue weighted by molar-refractivity contribution is -0.129. The molecule has 1 amide bonds. The van der Waals surface area contributed by atoms with E-state index in [9.17, 15) is 13.2 Å². The number of rotatable bonds is 5. The summed E-state index contributed by atoms with van der Waals surface area (Å²) >= 11 is 0. The van der Waals surface area contributed by atoms with Crippen LogP contribution in [0.4, 0.5) is 0 Å². The molecule has 94 valence electrons. The maximum absolute atomic E-state index is 11.8. The van der Waals surface area contributed by atoms with Crippen LogP contribution in [0, 0.1) is 5.41 Å². The summed E-state index contributed by atoms with van der Waals surface area (Å²) in [6, 6.07) is 0. The standard InChI is InChI=1S/C9H19N3O3S/c1-9(3-5-11-7-9)8(13)12-4-2-6-16(10,14)15/h11H,2-7H2,1H3,(H,12,13)(H2,10,14,15). The molecule has 16 heavy (non-hydrogen) atoms. The lowest BCUT2D eigenvalue weighted by atomic mass is 9.89. The molecule has 1 heterocycles. The van der Waals surface area contributed by atoms with Gasteiger partial charge in [0.25, 0.3) is 0 Å². The van der Waals surface area contributed by atoms with Crippen molar-refractivity contribution in [2.75, 3.05) is 25.4 Å². The highest BCUT2D eigenvalue weighted by molar-refractivity contribution is 7.89. The third kappa shape index (κ3) is 4.07. The van der Waals surface area contributed by atoms with Crippen LogP contribution in [0.25, 0.3) is 0 Å². The smallest absolute Gasteiger partial charge is 0.227 e. The summed E-state index contributed by atoms with van der Waals surface area (Å²) in [6.07, 6.45) is 1.17. The van der Waals surface area contributed by atoms with Gasteiger partial charge in [0.2, 0.25) is 15.9 Å². The van der Waals surface area contributed by atoms with Gasteiger partial charge in [-0.05, 0) is 26.3 Å². The molecule has 1 atom stereocenters. The first kappa shape index (κ1) is 13.4. The quantitative estimate of drug-likeness (QED) is 0.532. The van der Waals surface area contributed by atoms with Crippen LogP contribution >= 0.6 is 0 Å². The lowest BCUT2D eigenvalue weighted by Gasteiger charge is -2.21. The second kappa shape index (κ2) is 5.11. The van der Waals surface area contributed by atoms with E-state index in [0.29, 0.717) is 19.5 Å². The molecule has 1 unspecified atom stereocenters. The Morgan fingerprint density at radius 3 is 2.75 bits per heavy atom. The van der Waals surface area contributed by atoms with E-state index in [0.717, 1.165) is 13.0 Å². The number of nitrogens with one attached hydrogen (secondary N) is 2. The molecule has 4 N–H and O–H groups in total. The van der Waals surface area contributed by atoms with Crippen molar-refractivity contribution in [3.8, 4) is 0 Å². The van der Waals surface area contributed by atoms with E-state index in [1.54, 1.807) is 0 Å². The zero-order chi connectivity index (χ0) is 12.2. The van der Waals surface area contributed by atoms with E-state index < -0.39 is 10.0 Å². The van der Waals surface area contributed by atoms with Gasteiger partial charge < -0.3 is 10.6 Å². The zero-order valence-electron chi connectivity index (χ0n) is 9.45. The lowest BCUT2D eigenvalue weighted by Crippen LogP contribution is -2.41. The molecular weight excluding hydrogens is 230 g/mol. The zero-order valence-corrected chi connectivity index (χ0v) is 10.3. The van der Waals surface area contributed by atoms with Gasteiger partial charge in [-0.3, -0.25) is 4.79 Å². The highest BCUT2D eigenvalue weighted by atomic mass is 32.2. The maximum atomic E-state index is 11.8. The van der Waals surface area contributed by atoms with E-state index >= 15 is 0 Å². The molecule has 0 aromatic heterocycles. The fourth-order valence-electron chi connectivity index (χ4n) is 1.70. The van der Waals surface area contributed by atoms with Crippen molar-refractivity contribution >= 4 is 15.9 Å². The Kier molecular flexibility index (Phi) is 4.28. The number of amides is 1. The minimum Gasteiger partial charge on any atom is -0.356 e. The molecule has 0 aliphatic carbocycles. The third-order valence-electron chi connectivity index (χ3n) is 2.81. The minimum atomic E-state index is -3.42. The molecule has 0 saturated carbocycles. The molecule has 1 fully saturated rings. The van der Waals surface area contributed by atoms with Crippen molar-refractivity contribution < 1.29 is 13.2 Å². The van der Waals surface area contributed by atoms with Gasteiger partial charge in [0, 0.05) is 13.1 Å². The van der Waals surface area contributed by atoms with E-state index in [4.69, 9.17) is 5.14 Å². The molecule has 0 spiro atoms. The third-order valence-corrected chi connectivity index (χ3v) is 3.67. The van der Waals surface area contributed by atoms with Gasteiger partial charge in [0.05, 0.1) is 11.2 Å². The van der Waals surface area contributed by atoms with Crippen LogP contribution in [-0.2, 0) is 14.8 Å². The molecular formula is C9H19N3O3S. The van der Waals surface area contributed by atoms with E-state index in [1.165, 1.54) is 0 Å². The normalized spacial score (nSPS) is 25.6. The number of sulfonamides is 1. The van der Waals surface area contributed by atoms with Crippen LogP contribution in [0.2, 0.25) is 0 Å². The first-order valence-electron chi connectivity index (χ1n) is 5.33. The van der Waals surface area contributed by atoms with Crippen LogP contribution in [-0.4, -0.2) is 39.7 Å². The number of hydrogen-bond acceptors (Lipinski definition) is 4. The Morgan fingerprint density at radius 2 is 2.25 bits per heavy atom. The van der Waals surface area contributed by atoms with Gasteiger partial charge in [-0.1, -0.05) is 0 Å². The molecule has 1 rings (SSSR count). The molecule has 6 nitrogen and oxygen atoms in total. The second-order valence-corrected chi connectivity index (χ2v) is 6.20. The predicted molar refractivity (Wildman–Crippen MR) is 61.2 cm³/mol. The predicted octanol–water partition coefficient (Wildman–Crippen LogP) is -1.22. The average Bonchev–Trinajstić information content (AvgIpc) is 2.59. The highest BCUT2D eigenvalue weighted by Crippen LogP contribution is 2.24. The van der Waals surface area contributed by atoms with Gasteiger partial charge in [-0.25, -0.2) is 13.6 Å². The molecule has 1 aliphatic rings. The fourth-order valence-corrected chi connectivity index (χ4v) is 2.25. The van der Waals surface area contributed by atoms with Gasteiger partial charge in [-0.15, -0.1) is 0 Å². The second-order valence-electron chi connectivity index (χ2n) is 4.46. The van der Waals surface area contributed by atoms with Crippen LogP contribution < -0.4 is 15.8 Å². The van der Waals surface area contributed by atoms with E-state index in [-0.39, 0.29) is 17.1 Å². The van der Waals surface area contributed by atoms with E-state index in [1.807, 2.05) is 6.92 Å². The van der Waals surface area contributed by atoms with Gasteiger partial charge in [0.1, 0.15) is 0 Å². The number of hydrogen-bond donors (Lipinski definition) is 3. The van der Waals surface area contributed by atoms with Crippen LogP contribution in [0.3, 0.4) is 0 Å². The van der Waals surface area contributed by atoms with Crippen LogP contribution in [0.1, 0.15) is 19.8 Å². The molecule has 0 radical (unpaired) electrons. The van der Waals surface area contributed by atoms with Crippen molar-refractivity contribution in [3.63, 3.8) is 0 Å². The largest absolute Gasteiger partial charge is 0.356 e. The molecule has 1 aliphatic heterocycles.